The van der Waals surface area contributed by atoms with E-state index in [2.05, 4.69) is 41.6 Å². The summed E-state index contributed by atoms with van der Waals surface area (Å²) in [5, 5.41) is 16.3. The Labute approximate surface area is 193 Å². The number of carbonyl (C=O) groups is 2. The van der Waals surface area contributed by atoms with Crippen molar-refractivity contribution >= 4 is 12.1 Å². The first-order chi connectivity index (χ1) is 16.0. The first-order valence-electron chi connectivity index (χ1n) is 11.4. The number of fused-ring (bicyclic) bond motifs is 3. The number of nitrogens with one attached hydrogen (secondary N) is 1. The van der Waals surface area contributed by atoms with Gasteiger partial charge in [-0.3, -0.25) is 9.48 Å². The minimum absolute atomic E-state index is 0.0205. The lowest BCUT2D eigenvalue weighted by Crippen LogP contribution is -2.37. The molecule has 1 heterocycles. The number of carboxylic acids is 1. The van der Waals surface area contributed by atoms with Gasteiger partial charge in [-0.25, -0.2) is 4.79 Å². The Morgan fingerprint density at radius 3 is 2.42 bits per heavy atom. The second kappa shape index (κ2) is 10.3. The Kier molecular flexibility index (Phi) is 7.07. The van der Waals surface area contributed by atoms with Gasteiger partial charge >= 0.3 is 12.1 Å². The summed E-state index contributed by atoms with van der Waals surface area (Å²) in [6, 6.07) is 16.0. The molecule has 0 radical (unpaired) electrons. The van der Waals surface area contributed by atoms with Crippen LogP contribution in [0.4, 0.5) is 4.79 Å². The molecule has 1 amide bonds. The van der Waals surface area contributed by atoms with Crippen LogP contribution >= 0.6 is 0 Å². The van der Waals surface area contributed by atoms with Crippen molar-refractivity contribution in [1.29, 1.82) is 0 Å². The second-order valence-corrected chi connectivity index (χ2v) is 8.42. The van der Waals surface area contributed by atoms with Gasteiger partial charge in [-0.15, -0.1) is 0 Å². The van der Waals surface area contributed by atoms with Crippen LogP contribution < -0.4 is 5.32 Å². The van der Waals surface area contributed by atoms with E-state index in [4.69, 9.17) is 9.84 Å². The molecule has 7 nitrogen and oxygen atoms in total. The number of nitrogens with zero attached hydrogens (tertiary/aromatic N) is 2. The number of benzene rings is 2. The second-order valence-electron chi connectivity index (χ2n) is 8.42. The van der Waals surface area contributed by atoms with Gasteiger partial charge < -0.3 is 15.2 Å². The number of aromatic nitrogens is 2. The summed E-state index contributed by atoms with van der Waals surface area (Å²) in [5.74, 6) is -0.913. The Bertz CT molecular complexity index is 1080. The Hall–Kier alpha value is -3.61. The van der Waals surface area contributed by atoms with Crippen molar-refractivity contribution in [2.75, 3.05) is 6.61 Å². The summed E-state index contributed by atoms with van der Waals surface area (Å²) in [6.07, 6.45) is 4.94. The molecule has 1 aromatic heterocycles. The molecule has 2 N–H and O–H groups in total. The van der Waals surface area contributed by atoms with Crippen LogP contribution in [0.2, 0.25) is 0 Å². The number of hydrogen-bond donors (Lipinski definition) is 2. The molecule has 1 aliphatic rings. The van der Waals surface area contributed by atoms with Crippen LogP contribution in [0, 0.1) is 0 Å². The Morgan fingerprint density at radius 2 is 1.79 bits per heavy atom. The third-order valence-corrected chi connectivity index (χ3v) is 5.99. The van der Waals surface area contributed by atoms with E-state index in [1.165, 1.54) is 11.1 Å². The highest BCUT2D eigenvalue weighted by Crippen LogP contribution is 2.44. The van der Waals surface area contributed by atoms with Crippen molar-refractivity contribution in [3.05, 3.63) is 77.6 Å². The third kappa shape index (κ3) is 5.42. The van der Waals surface area contributed by atoms with Gasteiger partial charge in [0.2, 0.25) is 0 Å². The van der Waals surface area contributed by atoms with Gasteiger partial charge in [-0.05, 0) is 47.1 Å². The number of aryl methyl sites for hydroxylation is 1. The summed E-state index contributed by atoms with van der Waals surface area (Å²) >= 11 is 0. The van der Waals surface area contributed by atoms with E-state index in [1.807, 2.05) is 35.1 Å². The van der Waals surface area contributed by atoms with Crippen LogP contribution in [0.15, 0.2) is 60.9 Å². The average molecular weight is 448 g/mol. The molecule has 1 unspecified atom stereocenters. The first kappa shape index (κ1) is 22.6. The lowest BCUT2D eigenvalue weighted by atomic mass is 9.98. The molecular weight excluding hydrogens is 418 g/mol. The largest absolute Gasteiger partial charge is 0.481 e. The third-order valence-electron chi connectivity index (χ3n) is 5.99. The number of ether oxygens (including phenoxy) is 1. The standard InChI is InChI=1S/C26H29N3O4/c1-2-13-29-16-18(15-27-29)14-19(11-12-25(30)31)28-26(32)33-17-24-22-9-5-3-7-20(22)21-8-4-6-10-23(21)24/h3-10,15-16,19,24H,2,11-14,17H2,1H3,(H,28,32)(H,30,31). The first-order valence-corrected chi connectivity index (χ1v) is 11.4. The number of rotatable bonds is 10. The van der Waals surface area contributed by atoms with Gasteiger partial charge in [-0.1, -0.05) is 55.5 Å². The molecule has 4 rings (SSSR count). The molecule has 0 spiro atoms. The number of amides is 1. The fraction of sp³-hybridized carbons (Fsp3) is 0.346. The zero-order valence-corrected chi connectivity index (χ0v) is 18.7. The predicted octanol–water partition coefficient (Wildman–Crippen LogP) is 4.61. The summed E-state index contributed by atoms with van der Waals surface area (Å²) in [4.78, 5) is 23.8. The molecule has 1 aliphatic carbocycles. The summed E-state index contributed by atoms with van der Waals surface area (Å²) < 4.78 is 7.50. The van der Waals surface area contributed by atoms with E-state index < -0.39 is 12.1 Å². The average Bonchev–Trinajstić information content (AvgIpc) is 3.38. The molecule has 0 saturated carbocycles. The predicted molar refractivity (Wildman–Crippen MR) is 125 cm³/mol. The highest BCUT2D eigenvalue weighted by atomic mass is 16.5. The van der Waals surface area contributed by atoms with E-state index >= 15 is 0 Å². The van der Waals surface area contributed by atoms with Crippen molar-refractivity contribution in [2.24, 2.45) is 0 Å². The summed E-state index contributed by atoms with van der Waals surface area (Å²) in [6.45, 7) is 3.12. The van der Waals surface area contributed by atoms with Crippen LogP contribution in [-0.2, 0) is 22.5 Å². The highest BCUT2D eigenvalue weighted by molar-refractivity contribution is 5.79. The topological polar surface area (TPSA) is 93.5 Å². The molecule has 33 heavy (non-hydrogen) atoms. The normalized spacial score (nSPS) is 13.2. The van der Waals surface area contributed by atoms with Crippen molar-refractivity contribution < 1.29 is 19.4 Å². The molecule has 0 fully saturated rings. The fourth-order valence-electron chi connectivity index (χ4n) is 4.48. The Balaban J connectivity index is 1.40. The minimum Gasteiger partial charge on any atom is -0.481 e. The van der Waals surface area contributed by atoms with Crippen molar-refractivity contribution in [3.63, 3.8) is 0 Å². The molecule has 3 aromatic rings. The molecule has 2 aromatic carbocycles. The summed E-state index contributed by atoms with van der Waals surface area (Å²) in [5.41, 5.74) is 5.60. The lowest BCUT2D eigenvalue weighted by molar-refractivity contribution is -0.137. The number of hydrogen-bond acceptors (Lipinski definition) is 4. The molecule has 0 saturated heterocycles. The van der Waals surface area contributed by atoms with Gasteiger partial charge in [0.15, 0.2) is 0 Å². The van der Waals surface area contributed by atoms with Crippen LogP contribution in [0.25, 0.3) is 11.1 Å². The van der Waals surface area contributed by atoms with Gasteiger partial charge in [0.1, 0.15) is 6.61 Å². The molecule has 1 atom stereocenters. The summed E-state index contributed by atoms with van der Waals surface area (Å²) in [7, 11) is 0. The maximum atomic E-state index is 12.7. The molecule has 0 aliphatic heterocycles. The smallest absolute Gasteiger partial charge is 0.407 e. The van der Waals surface area contributed by atoms with Crippen molar-refractivity contribution in [3.8, 4) is 11.1 Å². The lowest BCUT2D eigenvalue weighted by Gasteiger charge is -2.19. The maximum absolute atomic E-state index is 12.7. The number of aliphatic carboxylic acids is 1. The van der Waals surface area contributed by atoms with Crippen LogP contribution in [0.3, 0.4) is 0 Å². The zero-order valence-electron chi connectivity index (χ0n) is 18.7. The molecular formula is C26H29N3O4. The SMILES string of the molecule is CCCn1cc(CC(CCC(=O)O)NC(=O)OCC2c3ccccc3-c3ccccc32)cn1. The monoisotopic (exact) mass is 447 g/mol. The Morgan fingerprint density at radius 1 is 1.12 bits per heavy atom. The van der Waals surface area contributed by atoms with E-state index in [1.54, 1.807) is 6.20 Å². The minimum atomic E-state index is -0.893. The van der Waals surface area contributed by atoms with Gasteiger partial charge in [-0.2, -0.15) is 5.10 Å². The van der Waals surface area contributed by atoms with Gasteiger partial charge in [0, 0.05) is 31.1 Å². The zero-order chi connectivity index (χ0) is 23.2. The maximum Gasteiger partial charge on any atom is 0.407 e. The highest BCUT2D eigenvalue weighted by Gasteiger charge is 2.29. The van der Waals surface area contributed by atoms with Crippen LogP contribution in [-0.4, -0.2) is 39.6 Å². The number of carbonyl (C=O) groups excluding carboxylic acids is 1. The van der Waals surface area contributed by atoms with Crippen LogP contribution in [0.1, 0.15) is 48.8 Å². The van der Waals surface area contributed by atoms with E-state index in [9.17, 15) is 9.59 Å². The molecule has 0 bridgehead atoms. The van der Waals surface area contributed by atoms with E-state index in [-0.39, 0.29) is 25.0 Å². The quantitative estimate of drug-likeness (QED) is 0.473. The van der Waals surface area contributed by atoms with Gasteiger partial charge in [0.05, 0.1) is 6.20 Å². The van der Waals surface area contributed by atoms with E-state index in [0.717, 1.165) is 29.7 Å². The number of alkyl carbamates (subject to hydrolysis) is 1. The van der Waals surface area contributed by atoms with E-state index in [0.29, 0.717) is 12.8 Å². The number of carboxylic acid groups (broad SMARTS) is 1. The fourth-order valence-corrected chi connectivity index (χ4v) is 4.48. The molecule has 172 valence electrons. The van der Waals surface area contributed by atoms with Gasteiger partial charge in [0.25, 0.3) is 0 Å². The van der Waals surface area contributed by atoms with Crippen molar-refractivity contribution in [2.45, 2.75) is 51.1 Å². The van der Waals surface area contributed by atoms with Crippen molar-refractivity contribution in [1.82, 2.24) is 15.1 Å². The van der Waals surface area contributed by atoms with Crippen LogP contribution in [0.5, 0.6) is 0 Å². The molecule has 7 heteroatoms.